The van der Waals surface area contributed by atoms with Crippen molar-refractivity contribution in [2.75, 3.05) is 18.4 Å². The van der Waals surface area contributed by atoms with Gasteiger partial charge in [-0.15, -0.1) is 0 Å². The third-order valence-electron chi connectivity index (χ3n) is 3.57. The molecule has 0 bridgehead atoms. The Morgan fingerprint density at radius 1 is 1.56 bits per heavy atom. The van der Waals surface area contributed by atoms with Crippen LogP contribution in [0.15, 0.2) is 6.20 Å². The van der Waals surface area contributed by atoms with E-state index in [2.05, 4.69) is 29.5 Å². The van der Waals surface area contributed by atoms with Gasteiger partial charge in [0.1, 0.15) is 5.69 Å². The average molecular weight is 250 g/mol. The molecule has 1 aliphatic heterocycles. The molecule has 18 heavy (non-hydrogen) atoms. The van der Waals surface area contributed by atoms with E-state index >= 15 is 0 Å². The number of aryl methyl sites for hydroxylation is 1. The van der Waals surface area contributed by atoms with Crippen LogP contribution in [0.5, 0.6) is 0 Å². The molecule has 100 valence electrons. The lowest BCUT2D eigenvalue weighted by Crippen LogP contribution is -2.29. The van der Waals surface area contributed by atoms with Gasteiger partial charge in [-0.2, -0.15) is 0 Å². The summed E-state index contributed by atoms with van der Waals surface area (Å²) in [5, 5.41) is 6.16. The second-order valence-corrected chi connectivity index (χ2v) is 4.82. The van der Waals surface area contributed by atoms with E-state index in [0.29, 0.717) is 11.6 Å². The van der Waals surface area contributed by atoms with Crippen LogP contribution in [0.4, 0.5) is 5.95 Å². The molecule has 2 N–H and O–H groups in total. The quantitative estimate of drug-likeness (QED) is 0.838. The Kier molecular flexibility index (Phi) is 4.23. The lowest BCUT2D eigenvalue weighted by atomic mass is 10.0. The molecule has 0 radical (unpaired) electrons. The summed E-state index contributed by atoms with van der Waals surface area (Å²) in [4.78, 5) is 16.3. The summed E-state index contributed by atoms with van der Waals surface area (Å²) >= 11 is 0. The Morgan fingerprint density at radius 2 is 2.33 bits per heavy atom. The van der Waals surface area contributed by atoms with Gasteiger partial charge in [-0.25, -0.2) is 4.98 Å². The molecular weight excluding hydrogens is 228 g/mol. The number of aromatic nitrogens is 2. The number of nitrogens with zero attached hydrogens (tertiary/aromatic N) is 2. The van der Waals surface area contributed by atoms with Crippen molar-refractivity contribution in [1.82, 2.24) is 14.9 Å². The maximum Gasteiger partial charge on any atom is 0.271 e. The van der Waals surface area contributed by atoms with E-state index in [9.17, 15) is 4.79 Å². The second kappa shape index (κ2) is 5.89. The smallest absolute Gasteiger partial charge is 0.271 e. The minimum absolute atomic E-state index is 0.0643. The van der Waals surface area contributed by atoms with E-state index in [4.69, 9.17) is 0 Å². The van der Waals surface area contributed by atoms with Crippen molar-refractivity contribution in [2.45, 2.75) is 39.7 Å². The van der Waals surface area contributed by atoms with Gasteiger partial charge < -0.3 is 15.2 Å². The number of carbonyl (C=O) groups excluding carboxylic acids is 1. The zero-order chi connectivity index (χ0) is 13.0. The van der Waals surface area contributed by atoms with E-state index in [1.807, 2.05) is 10.8 Å². The van der Waals surface area contributed by atoms with Crippen LogP contribution in [0, 0.1) is 5.92 Å². The minimum atomic E-state index is -0.0643. The summed E-state index contributed by atoms with van der Waals surface area (Å²) in [5.41, 5.74) is 0.519. The predicted octanol–water partition coefficient (Wildman–Crippen LogP) is 1.86. The summed E-state index contributed by atoms with van der Waals surface area (Å²) in [7, 11) is 0. The van der Waals surface area contributed by atoms with E-state index < -0.39 is 0 Å². The first-order valence-electron chi connectivity index (χ1n) is 6.83. The van der Waals surface area contributed by atoms with Gasteiger partial charge in [0, 0.05) is 25.8 Å². The first kappa shape index (κ1) is 12.9. The van der Waals surface area contributed by atoms with E-state index in [-0.39, 0.29) is 5.91 Å². The maximum absolute atomic E-state index is 12.0. The molecule has 2 rings (SSSR count). The number of imidazole rings is 1. The molecule has 0 fully saturated rings. The van der Waals surface area contributed by atoms with Crippen molar-refractivity contribution in [3.63, 3.8) is 0 Å². The first-order chi connectivity index (χ1) is 8.74. The molecule has 0 spiro atoms. The molecule has 0 atom stereocenters. The van der Waals surface area contributed by atoms with Crippen LogP contribution in [0.2, 0.25) is 0 Å². The van der Waals surface area contributed by atoms with Crippen molar-refractivity contribution >= 4 is 11.9 Å². The van der Waals surface area contributed by atoms with E-state index in [0.717, 1.165) is 44.8 Å². The standard InChI is InChI=1S/C13H22N4O/c1-3-10(4-2)8-15-12(18)11-9-17-7-5-6-14-13(17)16-11/h9-10H,3-8H2,1-2H3,(H,14,16)(H,15,18). The minimum Gasteiger partial charge on any atom is -0.356 e. The zero-order valence-electron chi connectivity index (χ0n) is 11.2. The molecule has 5 nitrogen and oxygen atoms in total. The van der Waals surface area contributed by atoms with Crippen LogP contribution in [-0.4, -0.2) is 28.5 Å². The number of carbonyl (C=O) groups is 1. The molecule has 1 aliphatic rings. The van der Waals surface area contributed by atoms with E-state index in [1.165, 1.54) is 0 Å². The van der Waals surface area contributed by atoms with Crippen molar-refractivity contribution < 1.29 is 4.79 Å². The van der Waals surface area contributed by atoms with Gasteiger partial charge in [-0.05, 0) is 12.3 Å². The van der Waals surface area contributed by atoms with Gasteiger partial charge in [0.15, 0.2) is 0 Å². The maximum atomic E-state index is 12.0. The number of hydrogen-bond donors (Lipinski definition) is 2. The third kappa shape index (κ3) is 2.83. The molecule has 1 aromatic heterocycles. The highest BCUT2D eigenvalue weighted by Crippen LogP contribution is 2.14. The van der Waals surface area contributed by atoms with Gasteiger partial charge in [-0.1, -0.05) is 26.7 Å². The van der Waals surface area contributed by atoms with Gasteiger partial charge in [-0.3, -0.25) is 4.79 Å². The molecule has 0 saturated heterocycles. The van der Waals surface area contributed by atoms with Crippen molar-refractivity contribution in [3.05, 3.63) is 11.9 Å². The molecule has 0 aliphatic carbocycles. The van der Waals surface area contributed by atoms with Crippen LogP contribution >= 0.6 is 0 Å². The fourth-order valence-electron chi connectivity index (χ4n) is 2.19. The number of amides is 1. The van der Waals surface area contributed by atoms with Gasteiger partial charge in [0.05, 0.1) is 0 Å². The van der Waals surface area contributed by atoms with E-state index in [1.54, 1.807) is 0 Å². The van der Waals surface area contributed by atoms with Crippen molar-refractivity contribution in [2.24, 2.45) is 5.92 Å². The molecule has 2 heterocycles. The summed E-state index contributed by atoms with van der Waals surface area (Å²) in [6, 6.07) is 0. The molecule has 1 aromatic rings. The van der Waals surface area contributed by atoms with Crippen molar-refractivity contribution in [1.29, 1.82) is 0 Å². The fourth-order valence-corrected chi connectivity index (χ4v) is 2.19. The summed E-state index contributed by atoms with van der Waals surface area (Å²) in [6.45, 7) is 6.92. The highest BCUT2D eigenvalue weighted by molar-refractivity contribution is 5.92. The highest BCUT2D eigenvalue weighted by Gasteiger charge is 2.16. The molecule has 0 unspecified atom stereocenters. The molecular formula is C13H22N4O. The summed E-state index contributed by atoms with van der Waals surface area (Å²) in [6.07, 6.45) is 5.11. The average Bonchev–Trinajstić information content (AvgIpc) is 2.83. The van der Waals surface area contributed by atoms with Crippen LogP contribution < -0.4 is 10.6 Å². The summed E-state index contributed by atoms with van der Waals surface area (Å²) < 4.78 is 2.01. The van der Waals surface area contributed by atoms with Crippen LogP contribution in [-0.2, 0) is 6.54 Å². The number of fused-ring (bicyclic) bond motifs is 1. The lowest BCUT2D eigenvalue weighted by molar-refractivity contribution is 0.0942. The SMILES string of the molecule is CCC(CC)CNC(=O)c1cn2c(n1)NCCC2. The van der Waals surface area contributed by atoms with Crippen LogP contribution in [0.3, 0.4) is 0 Å². The predicted molar refractivity (Wildman–Crippen MR) is 71.7 cm³/mol. The lowest BCUT2D eigenvalue weighted by Gasteiger charge is -2.14. The van der Waals surface area contributed by atoms with Crippen LogP contribution in [0.25, 0.3) is 0 Å². The van der Waals surface area contributed by atoms with Gasteiger partial charge in [0.25, 0.3) is 5.91 Å². The molecule has 0 saturated carbocycles. The Morgan fingerprint density at radius 3 is 3.00 bits per heavy atom. The topological polar surface area (TPSA) is 59.0 Å². The third-order valence-corrected chi connectivity index (χ3v) is 3.57. The number of hydrogen-bond acceptors (Lipinski definition) is 3. The Bertz CT molecular complexity index is 386. The highest BCUT2D eigenvalue weighted by atomic mass is 16.1. The summed E-state index contributed by atoms with van der Waals surface area (Å²) in [5.74, 6) is 1.31. The Labute approximate surface area is 108 Å². The Hall–Kier alpha value is -1.52. The molecule has 1 amide bonds. The molecule has 0 aromatic carbocycles. The number of rotatable bonds is 5. The largest absolute Gasteiger partial charge is 0.356 e. The zero-order valence-corrected chi connectivity index (χ0v) is 11.2. The van der Waals surface area contributed by atoms with Crippen molar-refractivity contribution in [3.8, 4) is 0 Å². The fraction of sp³-hybridized carbons (Fsp3) is 0.692. The second-order valence-electron chi connectivity index (χ2n) is 4.82. The first-order valence-corrected chi connectivity index (χ1v) is 6.83. The van der Waals surface area contributed by atoms with Gasteiger partial charge >= 0.3 is 0 Å². The van der Waals surface area contributed by atoms with Gasteiger partial charge in [0.2, 0.25) is 5.95 Å². The number of nitrogens with one attached hydrogen (secondary N) is 2. The molecule has 5 heteroatoms. The Balaban J connectivity index is 1.94. The number of anilines is 1. The normalized spacial score (nSPS) is 14.2. The van der Waals surface area contributed by atoms with Crippen LogP contribution in [0.1, 0.15) is 43.6 Å². The monoisotopic (exact) mass is 250 g/mol.